The molecule has 0 atom stereocenters. The number of hydrogen-bond donors (Lipinski definition) is 1. The molecule has 1 saturated heterocycles. The van der Waals surface area contributed by atoms with E-state index in [-0.39, 0.29) is 12.1 Å². The highest BCUT2D eigenvalue weighted by molar-refractivity contribution is 5.69. The molecule has 2 rings (SSSR count). The summed E-state index contributed by atoms with van der Waals surface area (Å²) in [5, 5.41) is 8.81. The van der Waals surface area contributed by atoms with Gasteiger partial charge in [-0.05, 0) is 18.5 Å². The van der Waals surface area contributed by atoms with E-state index in [1.54, 1.807) is 12.1 Å². The molecular formula is C15H20F2N2O2. The van der Waals surface area contributed by atoms with Gasteiger partial charge in [0.05, 0.1) is 6.54 Å². The number of benzene rings is 1. The highest BCUT2D eigenvalue weighted by atomic mass is 19.3. The lowest BCUT2D eigenvalue weighted by Crippen LogP contribution is -2.34. The number of hydrogen-bond acceptors (Lipinski definition) is 3. The Morgan fingerprint density at radius 1 is 1.10 bits per heavy atom. The lowest BCUT2D eigenvalue weighted by Gasteiger charge is -2.21. The maximum Gasteiger partial charge on any atom is 0.317 e. The Labute approximate surface area is 123 Å². The average Bonchev–Trinajstić information content (AvgIpc) is 2.64. The van der Waals surface area contributed by atoms with E-state index >= 15 is 0 Å². The second-order valence-electron chi connectivity index (χ2n) is 5.34. The molecule has 1 aliphatic heterocycles. The zero-order chi connectivity index (χ0) is 15.2. The fourth-order valence-corrected chi connectivity index (χ4v) is 2.56. The van der Waals surface area contributed by atoms with Crippen LogP contribution in [0.2, 0.25) is 0 Å². The Kier molecular flexibility index (Phi) is 5.64. The molecule has 1 heterocycles. The summed E-state index contributed by atoms with van der Waals surface area (Å²) in [6.07, 6.45) is -1.51. The van der Waals surface area contributed by atoms with Gasteiger partial charge in [0.1, 0.15) is 0 Å². The summed E-state index contributed by atoms with van der Waals surface area (Å²) >= 11 is 0. The molecule has 0 aromatic heterocycles. The van der Waals surface area contributed by atoms with E-state index in [0.717, 1.165) is 38.2 Å². The normalized spacial score (nSPS) is 17.9. The minimum Gasteiger partial charge on any atom is -0.480 e. The van der Waals surface area contributed by atoms with Crippen molar-refractivity contribution in [1.82, 2.24) is 9.80 Å². The second-order valence-corrected chi connectivity index (χ2v) is 5.34. The van der Waals surface area contributed by atoms with Crippen molar-refractivity contribution in [1.29, 1.82) is 0 Å². The van der Waals surface area contributed by atoms with Crippen molar-refractivity contribution in [2.24, 2.45) is 0 Å². The molecule has 1 aromatic rings. The minimum absolute atomic E-state index is 0.0437. The minimum atomic E-state index is -2.43. The summed E-state index contributed by atoms with van der Waals surface area (Å²) in [7, 11) is 0. The van der Waals surface area contributed by atoms with Gasteiger partial charge < -0.3 is 5.11 Å². The van der Waals surface area contributed by atoms with Gasteiger partial charge in [0.2, 0.25) is 0 Å². The fraction of sp³-hybridized carbons (Fsp3) is 0.533. The zero-order valence-corrected chi connectivity index (χ0v) is 11.8. The molecule has 116 valence electrons. The predicted octanol–water partition coefficient (Wildman–Crippen LogP) is 2.22. The van der Waals surface area contributed by atoms with Crippen molar-refractivity contribution in [3.8, 4) is 0 Å². The maximum atomic E-state index is 12.5. The molecule has 0 aliphatic carbocycles. The predicted molar refractivity (Wildman–Crippen MR) is 75.4 cm³/mol. The number of carboxylic acids is 1. The van der Waals surface area contributed by atoms with Crippen LogP contribution in [0.15, 0.2) is 24.3 Å². The molecule has 4 nitrogen and oxygen atoms in total. The van der Waals surface area contributed by atoms with Crippen LogP contribution in [0.25, 0.3) is 0 Å². The highest BCUT2D eigenvalue weighted by Crippen LogP contribution is 2.19. The first-order valence-electron chi connectivity index (χ1n) is 7.08. The van der Waals surface area contributed by atoms with Gasteiger partial charge in [-0.1, -0.05) is 24.3 Å². The summed E-state index contributed by atoms with van der Waals surface area (Å²) < 4.78 is 25.0. The number of nitrogens with zero attached hydrogens (tertiary/aromatic N) is 2. The van der Waals surface area contributed by atoms with Crippen molar-refractivity contribution in [2.45, 2.75) is 19.4 Å². The molecule has 1 fully saturated rings. The summed E-state index contributed by atoms with van der Waals surface area (Å²) in [4.78, 5) is 14.9. The molecule has 21 heavy (non-hydrogen) atoms. The van der Waals surface area contributed by atoms with E-state index in [1.165, 1.54) is 12.1 Å². The standard InChI is InChI=1S/C15H20F2N2O2/c16-15(17)13-4-2-12(3-5-13)10-18-6-1-7-19(9-8-18)11-14(20)21/h2-5,15H,1,6-11H2,(H,20,21). The van der Waals surface area contributed by atoms with Crippen LogP contribution in [0.1, 0.15) is 24.0 Å². The van der Waals surface area contributed by atoms with Crippen LogP contribution in [0.4, 0.5) is 8.78 Å². The van der Waals surface area contributed by atoms with Crippen molar-refractivity contribution in [3.63, 3.8) is 0 Å². The van der Waals surface area contributed by atoms with Crippen LogP contribution in [0, 0.1) is 0 Å². The molecule has 0 spiro atoms. The van der Waals surface area contributed by atoms with Crippen molar-refractivity contribution in [2.75, 3.05) is 32.7 Å². The van der Waals surface area contributed by atoms with Gasteiger partial charge >= 0.3 is 5.97 Å². The van der Waals surface area contributed by atoms with Crippen molar-refractivity contribution >= 4 is 5.97 Å². The molecule has 1 N–H and O–H groups in total. The number of carboxylic acid groups (broad SMARTS) is 1. The summed E-state index contributed by atoms with van der Waals surface area (Å²) in [6.45, 7) is 3.99. The van der Waals surface area contributed by atoms with Crippen LogP contribution < -0.4 is 0 Å². The second kappa shape index (κ2) is 7.47. The van der Waals surface area contributed by atoms with Gasteiger partial charge in [0, 0.05) is 31.7 Å². The molecule has 0 unspecified atom stereocenters. The number of rotatable bonds is 5. The van der Waals surface area contributed by atoms with Crippen LogP contribution in [-0.2, 0) is 11.3 Å². The summed E-state index contributed by atoms with van der Waals surface area (Å²) in [5.74, 6) is -0.800. The third-order valence-electron chi connectivity index (χ3n) is 3.68. The molecule has 0 bridgehead atoms. The number of alkyl halides is 2. The van der Waals surface area contributed by atoms with E-state index in [4.69, 9.17) is 5.11 Å². The first-order valence-corrected chi connectivity index (χ1v) is 7.08. The van der Waals surface area contributed by atoms with Crippen molar-refractivity contribution < 1.29 is 18.7 Å². The quantitative estimate of drug-likeness (QED) is 0.905. The molecule has 0 amide bonds. The first kappa shape index (κ1) is 15.9. The fourth-order valence-electron chi connectivity index (χ4n) is 2.56. The number of aliphatic carboxylic acids is 1. The SMILES string of the molecule is O=C(O)CN1CCCN(Cc2ccc(C(F)F)cc2)CC1. The van der Waals surface area contributed by atoms with Gasteiger partial charge in [-0.3, -0.25) is 14.6 Å². The van der Waals surface area contributed by atoms with Crippen molar-refractivity contribution in [3.05, 3.63) is 35.4 Å². The van der Waals surface area contributed by atoms with Crippen LogP contribution in [-0.4, -0.2) is 53.6 Å². The Bertz CT molecular complexity index is 465. The lowest BCUT2D eigenvalue weighted by molar-refractivity contribution is -0.138. The van der Waals surface area contributed by atoms with Gasteiger partial charge in [-0.2, -0.15) is 0 Å². The zero-order valence-electron chi connectivity index (χ0n) is 11.8. The van der Waals surface area contributed by atoms with E-state index in [1.807, 2.05) is 4.90 Å². The Morgan fingerprint density at radius 2 is 1.71 bits per heavy atom. The molecule has 1 aromatic carbocycles. The molecular weight excluding hydrogens is 278 g/mol. The average molecular weight is 298 g/mol. The van der Waals surface area contributed by atoms with E-state index in [0.29, 0.717) is 6.54 Å². The van der Waals surface area contributed by atoms with E-state index in [9.17, 15) is 13.6 Å². The molecule has 6 heteroatoms. The van der Waals surface area contributed by atoms with Gasteiger partial charge in [0.15, 0.2) is 0 Å². The summed E-state index contributed by atoms with van der Waals surface area (Å²) in [6, 6.07) is 6.41. The largest absolute Gasteiger partial charge is 0.480 e. The van der Waals surface area contributed by atoms with E-state index in [2.05, 4.69) is 4.90 Å². The summed E-state index contributed by atoms with van der Waals surface area (Å²) in [5.41, 5.74) is 1.05. The van der Waals surface area contributed by atoms with Crippen LogP contribution in [0.5, 0.6) is 0 Å². The monoisotopic (exact) mass is 298 g/mol. The number of carbonyl (C=O) groups is 1. The third-order valence-corrected chi connectivity index (χ3v) is 3.68. The third kappa shape index (κ3) is 5.06. The van der Waals surface area contributed by atoms with Crippen LogP contribution in [0.3, 0.4) is 0 Å². The lowest BCUT2D eigenvalue weighted by atomic mass is 10.1. The van der Waals surface area contributed by atoms with Crippen LogP contribution >= 0.6 is 0 Å². The van der Waals surface area contributed by atoms with Gasteiger partial charge in [-0.15, -0.1) is 0 Å². The first-order chi connectivity index (χ1) is 10.0. The Morgan fingerprint density at radius 3 is 2.33 bits per heavy atom. The number of halogens is 2. The molecule has 1 aliphatic rings. The van der Waals surface area contributed by atoms with Gasteiger partial charge in [-0.25, -0.2) is 8.78 Å². The van der Waals surface area contributed by atoms with E-state index < -0.39 is 12.4 Å². The highest BCUT2D eigenvalue weighted by Gasteiger charge is 2.17. The molecule has 0 saturated carbocycles. The maximum absolute atomic E-state index is 12.5. The Balaban J connectivity index is 1.87. The topological polar surface area (TPSA) is 43.8 Å². The van der Waals surface area contributed by atoms with Gasteiger partial charge in [0.25, 0.3) is 6.43 Å². The smallest absolute Gasteiger partial charge is 0.317 e. The Hall–Kier alpha value is -1.53. The molecule has 0 radical (unpaired) electrons.